The number of hydrogen-bond acceptors (Lipinski definition) is 2. The zero-order valence-corrected chi connectivity index (χ0v) is 12.8. The zero-order chi connectivity index (χ0) is 14.4. The number of ketones is 1. The lowest BCUT2D eigenvalue weighted by Gasteiger charge is -2.55. The standard InChI is InChI=1S/C18H24O2/c1-4-6-9-13-14(5-2)20-18(16(13)19)12-17(3)11-8-7-10-15(17)18/h5,9-10H,4,6-8,11-12H2,1-3H3/b13-9+,14-5+/t17-,18?/m0/s1. The van der Waals surface area contributed by atoms with Gasteiger partial charge in [-0.25, -0.2) is 0 Å². The molecule has 0 N–H and O–H groups in total. The van der Waals surface area contributed by atoms with E-state index in [1.807, 2.05) is 13.0 Å². The number of allylic oxidation sites excluding steroid dienone is 4. The number of hydrogen-bond donors (Lipinski definition) is 0. The predicted molar refractivity (Wildman–Crippen MR) is 80.2 cm³/mol. The fourth-order valence-electron chi connectivity index (χ4n) is 4.10. The van der Waals surface area contributed by atoms with Gasteiger partial charge in [-0.05, 0) is 49.7 Å². The van der Waals surface area contributed by atoms with Crippen LogP contribution < -0.4 is 0 Å². The number of rotatable bonds is 2. The fourth-order valence-corrected chi connectivity index (χ4v) is 4.10. The molecule has 0 bridgehead atoms. The van der Waals surface area contributed by atoms with Gasteiger partial charge in [-0.2, -0.15) is 0 Å². The minimum atomic E-state index is -0.642. The summed E-state index contributed by atoms with van der Waals surface area (Å²) in [5.41, 5.74) is 1.62. The van der Waals surface area contributed by atoms with E-state index in [0.717, 1.165) is 37.0 Å². The Morgan fingerprint density at radius 3 is 2.90 bits per heavy atom. The molecule has 0 aromatic carbocycles. The van der Waals surface area contributed by atoms with Crippen molar-refractivity contribution in [3.05, 3.63) is 35.1 Å². The van der Waals surface area contributed by atoms with Crippen molar-refractivity contribution in [2.24, 2.45) is 5.41 Å². The van der Waals surface area contributed by atoms with Gasteiger partial charge >= 0.3 is 0 Å². The molecule has 2 fully saturated rings. The third kappa shape index (κ3) is 1.66. The Bertz CT molecular complexity index is 538. The van der Waals surface area contributed by atoms with E-state index >= 15 is 0 Å². The van der Waals surface area contributed by atoms with Gasteiger partial charge in [0.1, 0.15) is 5.76 Å². The van der Waals surface area contributed by atoms with Gasteiger partial charge in [0, 0.05) is 6.42 Å². The van der Waals surface area contributed by atoms with E-state index in [1.165, 1.54) is 18.4 Å². The summed E-state index contributed by atoms with van der Waals surface area (Å²) < 4.78 is 6.17. The molecule has 2 nitrogen and oxygen atoms in total. The fraction of sp³-hybridized carbons (Fsp3) is 0.611. The van der Waals surface area contributed by atoms with Crippen molar-refractivity contribution in [1.29, 1.82) is 0 Å². The molecular weight excluding hydrogens is 248 g/mol. The van der Waals surface area contributed by atoms with Gasteiger partial charge < -0.3 is 4.74 Å². The first-order chi connectivity index (χ1) is 9.57. The molecule has 0 amide bonds. The first kappa shape index (κ1) is 13.7. The van der Waals surface area contributed by atoms with Gasteiger partial charge in [-0.15, -0.1) is 0 Å². The lowest BCUT2D eigenvalue weighted by atomic mass is 9.51. The molecule has 3 rings (SSSR count). The topological polar surface area (TPSA) is 26.3 Å². The monoisotopic (exact) mass is 272 g/mol. The summed E-state index contributed by atoms with van der Waals surface area (Å²) in [5, 5.41) is 0. The number of fused-ring (bicyclic) bond motifs is 2. The maximum Gasteiger partial charge on any atom is 0.214 e. The third-order valence-corrected chi connectivity index (χ3v) is 5.07. The van der Waals surface area contributed by atoms with Crippen molar-refractivity contribution in [1.82, 2.24) is 0 Å². The van der Waals surface area contributed by atoms with Crippen molar-refractivity contribution in [2.75, 3.05) is 0 Å². The minimum Gasteiger partial charge on any atom is -0.474 e. The van der Waals surface area contributed by atoms with E-state index in [-0.39, 0.29) is 11.2 Å². The van der Waals surface area contributed by atoms with Crippen molar-refractivity contribution >= 4 is 5.78 Å². The summed E-state index contributed by atoms with van der Waals surface area (Å²) >= 11 is 0. The maximum atomic E-state index is 12.9. The van der Waals surface area contributed by atoms with Crippen LogP contribution in [0.25, 0.3) is 0 Å². The number of carbonyl (C=O) groups is 1. The van der Waals surface area contributed by atoms with E-state index in [4.69, 9.17) is 4.74 Å². The second-order valence-corrected chi connectivity index (χ2v) is 6.57. The van der Waals surface area contributed by atoms with Crippen LogP contribution in [0.3, 0.4) is 0 Å². The van der Waals surface area contributed by atoms with E-state index in [9.17, 15) is 4.79 Å². The highest BCUT2D eigenvalue weighted by Gasteiger charge is 2.66. The van der Waals surface area contributed by atoms with Crippen LogP contribution in [0.4, 0.5) is 0 Å². The van der Waals surface area contributed by atoms with Gasteiger partial charge in [-0.3, -0.25) is 4.79 Å². The summed E-state index contributed by atoms with van der Waals surface area (Å²) in [4.78, 5) is 12.9. The van der Waals surface area contributed by atoms with Gasteiger partial charge in [0.05, 0.1) is 5.57 Å². The molecule has 2 atom stereocenters. The normalized spacial score (nSPS) is 39.8. The lowest BCUT2D eigenvalue weighted by Crippen LogP contribution is -2.58. The SMILES string of the molecule is C/C=C1/OC2(C[C@]3(C)CCCC=C23)C(=O)/C1=C/CCC. The second kappa shape index (κ2) is 4.61. The quantitative estimate of drug-likeness (QED) is 0.547. The van der Waals surface area contributed by atoms with Crippen LogP contribution in [-0.2, 0) is 9.53 Å². The van der Waals surface area contributed by atoms with Gasteiger partial charge in [-0.1, -0.05) is 32.4 Å². The smallest absolute Gasteiger partial charge is 0.214 e. The van der Waals surface area contributed by atoms with E-state index in [0.29, 0.717) is 0 Å². The Hall–Kier alpha value is -1.31. The van der Waals surface area contributed by atoms with Crippen LogP contribution in [0.2, 0.25) is 0 Å². The van der Waals surface area contributed by atoms with Crippen LogP contribution in [0.5, 0.6) is 0 Å². The highest BCUT2D eigenvalue weighted by Crippen LogP contribution is 2.63. The van der Waals surface area contributed by atoms with Gasteiger partial charge in [0.15, 0.2) is 5.60 Å². The number of unbranched alkanes of at least 4 members (excludes halogenated alkanes) is 1. The molecule has 1 saturated carbocycles. The Morgan fingerprint density at radius 2 is 2.25 bits per heavy atom. The Labute approximate surface area is 121 Å². The van der Waals surface area contributed by atoms with Gasteiger partial charge in [0.25, 0.3) is 0 Å². The van der Waals surface area contributed by atoms with Crippen molar-refractivity contribution in [3.8, 4) is 0 Å². The van der Waals surface area contributed by atoms with Gasteiger partial charge in [0.2, 0.25) is 5.78 Å². The van der Waals surface area contributed by atoms with E-state index < -0.39 is 5.60 Å². The average Bonchev–Trinajstić information content (AvgIpc) is 2.70. The highest BCUT2D eigenvalue weighted by atomic mass is 16.5. The molecule has 0 aromatic rings. The molecule has 108 valence electrons. The van der Waals surface area contributed by atoms with Crippen molar-refractivity contribution in [3.63, 3.8) is 0 Å². The molecule has 20 heavy (non-hydrogen) atoms. The summed E-state index contributed by atoms with van der Waals surface area (Å²) in [6.07, 6.45) is 12.6. The molecule has 0 radical (unpaired) electrons. The number of ether oxygens (including phenoxy) is 1. The first-order valence-electron chi connectivity index (χ1n) is 7.89. The summed E-state index contributed by atoms with van der Waals surface area (Å²) in [6.45, 7) is 6.37. The van der Waals surface area contributed by atoms with Crippen LogP contribution in [0.1, 0.15) is 59.3 Å². The molecule has 1 aliphatic heterocycles. The maximum absolute atomic E-state index is 12.9. The molecule has 1 unspecified atom stereocenters. The van der Waals surface area contributed by atoms with Crippen LogP contribution >= 0.6 is 0 Å². The number of carbonyl (C=O) groups excluding carboxylic acids is 1. The lowest BCUT2D eigenvalue weighted by molar-refractivity contribution is -0.137. The molecule has 2 aliphatic carbocycles. The second-order valence-electron chi connectivity index (χ2n) is 6.57. The average molecular weight is 272 g/mol. The summed E-state index contributed by atoms with van der Waals surface area (Å²) in [7, 11) is 0. The van der Waals surface area contributed by atoms with Crippen molar-refractivity contribution < 1.29 is 9.53 Å². The molecule has 2 heteroatoms. The third-order valence-electron chi connectivity index (χ3n) is 5.07. The van der Waals surface area contributed by atoms with Crippen LogP contribution in [-0.4, -0.2) is 11.4 Å². The Kier molecular flexibility index (Phi) is 3.15. The molecule has 1 heterocycles. The van der Waals surface area contributed by atoms with Crippen molar-refractivity contribution in [2.45, 2.75) is 64.9 Å². The predicted octanol–water partition coefficient (Wildman–Crippen LogP) is 4.48. The minimum absolute atomic E-state index is 0.199. The Balaban J connectivity index is 1.98. The molecule has 1 saturated heterocycles. The van der Waals surface area contributed by atoms with Crippen LogP contribution in [0, 0.1) is 5.41 Å². The largest absolute Gasteiger partial charge is 0.474 e. The Morgan fingerprint density at radius 1 is 1.45 bits per heavy atom. The summed E-state index contributed by atoms with van der Waals surface area (Å²) in [6, 6.07) is 0. The molecule has 1 spiro atoms. The number of Topliss-reactive ketones (excluding diaryl/α,β-unsaturated/α-hetero) is 1. The molecule has 3 aliphatic rings. The first-order valence-corrected chi connectivity index (χ1v) is 7.89. The molecule has 0 aromatic heterocycles. The van der Waals surface area contributed by atoms with E-state index in [1.54, 1.807) is 0 Å². The zero-order valence-electron chi connectivity index (χ0n) is 12.8. The van der Waals surface area contributed by atoms with Crippen LogP contribution in [0.15, 0.2) is 35.1 Å². The molecular formula is C18H24O2. The summed E-state index contributed by atoms with van der Waals surface area (Å²) in [5.74, 6) is 0.988. The highest BCUT2D eigenvalue weighted by molar-refractivity contribution is 6.11. The van der Waals surface area contributed by atoms with E-state index in [2.05, 4.69) is 26.0 Å².